The van der Waals surface area contributed by atoms with Crippen molar-refractivity contribution in [2.45, 2.75) is 27.7 Å². The molecule has 0 saturated carbocycles. The van der Waals surface area contributed by atoms with Crippen LogP contribution in [0.25, 0.3) is 0 Å². The van der Waals surface area contributed by atoms with Gasteiger partial charge in [-0.1, -0.05) is 27.7 Å². The van der Waals surface area contributed by atoms with E-state index in [0.717, 1.165) is 24.9 Å². The van der Waals surface area contributed by atoms with Gasteiger partial charge in [-0.15, -0.1) is 0 Å². The lowest BCUT2D eigenvalue weighted by molar-refractivity contribution is 0.167. The predicted molar refractivity (Wildman–Crippen MR) is 75.4 cm³/mol. The van der Waals surface area contributed by atoms with Crippen molar-refractivity contribution in [1.82, 2.24) is 15.1 Å². The van der Waals surface area contributed by atoms with Crippen LogP contribution in [-0.4, -0.2) is 62.2 Å². The van der Waals surface area contributed by atoms with Gasteiger partial charge < -0.3 is 10.2 Å². The summed E-state index contributed by atoms with van der Waals surface area (Å²) in [5, 5.41) is 3.41. The molecule has 3 nitrogen and oxygen atoms in total. The molecule has 1 aliphatic heterocycles. The van der Waals surface area contributed by atoms with Crippen molar-refractivity contribution in [3.8, 4) is 0 Å². The molecule has 17 heavy (non-hydrogen) atoms. The van der Waals surface area contributed by atoms with Crippen LogP contribution in [0.4, 0.5) is 0 Å². The Bertz CT molecular complexity index is 176. The first-order valence-corrected chi connectivity index (χ1v) is 7.23. The number of rotatable bonds is 7. The van der Waals surface area contributed by atoms with E-state index in [2.05, 4.69) is 42.8 Å². The molecule has 1 rings (SSSR count). The summed E-state index contributed by atoms with van der Waals surface area (Å²) < 4.78 is 0. The second kappa shape index (κ2) is 8.06. The van der Waals surface area contributed by atoms with Crippen LogP contribution in [0.15, 0.2) is 0 Å². The van der Waals surface area contributed by atoms with Gasteiger partial charge in [0.15, 0.2) is 0 Å². The molecule has 0 unspecified atom stereocenters. The van der Waals surface area contributed by atoms with E-state index in [9.17, 15) is 0 Å². The molecular weight excluding hydrogens is 210 g/mol. The van der Waals surface area contributed by atoms with Crippen LogP contribution in [-0.2, 0) is 0 Å². The van der Waals surface area contributed by atoms with Gasteiger partial charge in [0, 0.05) is 52.4 Å². The molecule has 0 bridgehead atoms. The van der Waals surface area contributed by atoms with E-state index in [1.807, 2.05) is 0 Å². The summed E-state index contributed by atoms with van der Waals surface area (Å²) in [5.41, 5.74) is 0. The molecule has 0 aromatic heterocycles. The van der Waals surface area contributed by atoms with Crippen LogP contribution in [0.2, 0.25) is 0 Å². The fourth-order valence-electron chi connectivity index (χ4n) is 2.51. The topological polar surface area (TPSA) is 18.5 Å². The zero-order chi connectivity index (χ0) is 12.7. The fourth-order valence-corrected chi connectivity index (χ4v) is 2.51. The number of nitrogens with one attached hydrogen (secondary N) is 1. The molecule has 1 saturated heterocycles. The van der Waals surface area contributed by atoms with Gasteiger partial charge >= 0.3 is 0 Å². The van der Waals surface area contributed by atoms with Crippen molar-refractivity contribution >= 4 is 0 Å². The number of piperazine rings is 1. The van der Waals surface area contributed by atoms with Gasteiger partial charge in [-0.2, -0.15) is 0 Å². The zero-order valence-corrected chi connectivity index (χ0v) is 12.2. The Kier molecular flexibility index (Phi) is 7.09. The summed E-state index contributed by atoms with van der Waals surface area (Å²) in [5.74, 6) is 1.55. The standard InChI is InChI=1S/C14H31N3/c1-13(2)11-17(12-14(3)4)10-9-16-7-5-15-6-8-16/h13-15H,5-12H2,1-4H3. The summed E-state index contributed by atoms with van der Waals surface area (Å²) in [7, 11) is 0. The van der Waals surface area contributed by atoms with Crippen LogP contribution < -0.4 is 5.32 Å². The molecule has 1 heterocycles. The highest BCUT2D eigenvalue weighted by molar-refractivity contribution is 4.70. The third-order valence-electron chi connectivity index (χ3n) is 3.19. The summed E-state index contributed by atoms with van der Waals surface area (Å²) in [4.78, 5) is 5.22. The average Bonchev–Trinajstić information content (AvgIpc) is 2.26. The Labute approximate surface area is 108 Å². The minimum absolute atomic E-state index is 0.775. The van der Waals surface area contributed by atoms with Crippen molar-refractivity contribution < 1.29 is 0 Å². The smallest absolute Gasteiger partial charge is 0.0110 e. The Morgan fingerprint density at radius 1 is 1.00 bits per heavy atom. The normalized spacial score (nSPS) is 18.5. The molecule has 0 aromatic rings. The summed E-state index contributed by atoms with van der Waals surface area (Å²) in [6, 6.07) is 0. The van der Waals surface area contributed by atoms with E-state index in [1.165, 1.54) is 39.3 Å². The lowest BCUT2D eigenvalue weighted by Gasteiger charge is -2.31. The van der Waals surface area contributed by atoms with E-state index in [1.54, 1.807) is 0 Å². The minimum Gasteiger partial charge on any atom is -0.314 e. The van der Waals surface area contributed by atoms with Crippen LogP contribution in [0.1, 0.15) is 27.7 Å². The maximum Gasteiger partial charge on any atom is 0.0110 e. The number of nitrogens with zero attached hydrogens (tertiary/aromatic N) is 2. The Hall–Kier alpha value is -0.120. The lowest BCUT2D eigenvalue weighted by atomic mass is 10.1. The van der Waals surface area contributed by atoms with Crippen molar-refractivity contribution in [2.75, 3.05) is 52.4 Å². The third kappa shape index (κ3) is 7.02. The van der Waals surface area contributed by atoms with Crippen molar-refractivity contribution in [3.63, 3.8) is 0 Å². The highest BCUT2D eigenvalue weighted by Crippen LogP contribution is 2.04. The van der Waals surface area contributed by atoms with Gasteiger partial charge in [-0.3, -0.25) is 4.90 Å². The molecule has 0 spiro atoms. The number of hydrogen-bond donors (Lipinski definition) is 1. The fraction of sp³-hybridized carbons (Fsp3) is 1.00. The Balaban J connectivity index is 2.26. The van der Waals surface area contributed by atoms with Gasteiger partial charge in [0.1, 0.15) is 0 Å². The molecule has 1 fully saturated rings. The van der Waals surface area contributed by atoms with E-state index < -0.39 is 0 Å². The first-order chi connectivity index (χ1) is 8.08. The molecule has 3 heteroatoms. The zero-order valence-electron chi connectivity index (χ0n) is 12.2. The molecule has 1 aliphatic rings. The summed E-state index contributed by atoms with van der Waals surface area (Å²) >= 11 is 0. The van der Waals surface area contributed by atoms with E-state index in [0.29, 0.717) is 0 Å². The molecular formula is C14H31N3. The molecule has 0 aliphatic carbocycles. The first-order valence-electron chi connectivity index (χ1n) is 7.23. The average molecular weight is 241 g/mol. The van der Waals surface area contributed by atoms with Gasteiger partial charge in [0.2, 0.25) is 0 Å². The SMILES string of the molecule is CC(C)CN(CCN1CCNCC1)CC(C)C. The van der Waals surface area contributed by atoms with Crippen LogP contribution in [0, 0.1) is 11.8 Å². The van der Waals surface area contributed by atoms with Crippen LogP contribution in [0.3, 0.4) is 0 Å². The minimum atomic E-state index is 0.775. The summed E-state index contributed by atoms with van der Waals surface area (Å²) in [6.07, 6.45) is 0. The third-order valence-corrected chi connectivity index (χ3v) is 3.19. The lowest BCUT2D eigenvalue weighted by Crippen LogP contribution is -2.47. The van der Waals surface area contributed by atoms with Gasteiger partial charge in [-0.05, 0) is 11.8 Å². The largest absolute Gasteiger partial charge is 0.314 e. The van der Waals surface area contributed by atoms with Gasteiger partial charge in [0.25, 0.3) is 0 Å². The number of hydrogen-bond acceptors (Lipinski definition) is 3. The predicted octanol–water partition coefficient (Wildman–Crippen LogP) is 1.51. The van der Waals surface area contributed by atoms with Crippen molar-refractivity contribution in [2.24, 2.45) is 11.8 Å². The Morgan fingerprint density at radius 2 is 1.53 bits per heavy atom. The molecule has 0 atom stereocenters. The Morgan fingerprint density at radius 3 is 2.00 bits per heavy atom. The van der Waals surface area contributed by atoms with Gasteiger partial charge in [0.05, 0.1) is 0 Å². The molecule has 0 radical (unpaired) electrons. The highest BCUT2D eigenvalue weighted by Gasteiger charge is 2.13. The van der Waals surface area contributed by atoms with Crippen molar-refractivity contribution in [3.05, 3.63) is 0 Å². The second-order valence-corrected chi connectivity index (χ2v) is 6.14. The first kappa shape index (κ1) is 14.9. The molecule has 1 N–H and O–H groups in total. The maximum absolute atomic E-state index is 3.41. The molecule has 0 amide bonds. The van der Waals surface area contributed by atoms with Crippen LogP contribution >= 0.6 is 0 Å². The highest BCUT2D eigenvalue weighted by atomic mass is 15.2. The van der Waals surface area contributed by atoms with Gasteiger partial charge in [-0.25, -0.2) is 0 Å². The summed E-state index contributed by atoms with van der Waals surface area (Å²) in [6.45, 7) is 19.0. The second-order valence-electron chi connectivity index (χ2n) is 6.14. The van der Waals surface area contributed by atoms with E-state index in [-0.39, 0.29) is 0 Å². The van der Waals surface area contributed by atoms with E-state index >= 15 is 0 Å². The molecule has 0 aromatic carbocycles. The quantitative estimate of drug-likeness (QED) is 0.729. The molecule has 102 valence electrons. The van der Waals surface area contributed by atoms with Crippen LogP contribution in [0.5, 0.6) is 0 Å². The maximum atomic E-state index is 3.41. The van der Waals surface area contributed by atoms with Crippen molar-refractivity contribution in [1.29, 1.82) is 0 Å². The van der Waals surface area contributed by atoms with E-state index in [4.69, 9.17) is 0 Å². The monoisotopic (exact) mass is 241 g/mol.